The van der Waals surface area contributed by atoms with Gasteiger partial charge in [-0.05, 0) is 20.8 Å². The van der Waals surface area contributed by atoms with Crippen molar-refractivity contribution in [3.05, 3.63) is 11.3 Å². The van der Waals surface area contributed by atoms with Crippen LogP contribution in [0.4, 0.5) is 8.78 Å². The first-order valence-electron chi connectivity index (χ1n) is 6.47. The molecule has 0 saturated heterocycles. The highest BCUT2D eigenvalue weighted by Crippen LogP contribution is 2.30. The monoisotopic (exact) mass is 337 g/mol. The topological polar surface area (TPSA) is 82.8 Å². The average molecular weight is 337 g/mol. The van der Waals surface area contributed by atoms with Crippen molar-refractivity contribution in [2.75, 3.05) is 0 Å². The quantitative estimate of drug-likeness (QED) is 0.836. The van der Waals surface area contributed by atoms with Crippen LogP contribution in [0, 0.1) is 6.92 Å². The molecule has 0 spiro atoms. The van der Waals surface area contributed by atoms with E-state index in [0.717, 1.165) is 4.68 Å². The second-order valence-electron chi connectivity index (χ2n) is 5.64. The van der Waals surface area contributed by atoms with Crippen LogP contribution >= 0.6 is 0 Å². The summed E-state index contributed by atoms with van der Waals surface area (Å²) < 4.78 is 55.2. The van der Waals surface area contributed by atoms with Gasteiger partial charge in [-0.2, -0.15) is 13.9 Å². The van der Waals surface area contributed by atoms with Crippen LogP contribution < -0.4 is 4.74 Å². The highest BCUT2D eigenvalue weighted by molar-refractivity contribution is 8.05. The van der Waals surface area contributed by atoms with Crippen molar-refractivity contribution in [2.24, 2.45) is 12.2 Å². The average Bonchev–Trinajstić information content (AvgIpc) is 2.84. The SMILES string of the molecule is Cc1nn(C)c(OC(F)F)c1CS(=O)(=O)C1=NOC(C)(C)C1. The van der Waals surface area contributed by atoms with E-state index in [0.29, 0.717) is 5.69 Å². The van der Waals surface area contributed by atoms with Crippen molar-refractivity contribution in [1.82, 2.24) is 9.78 Å². The lowest BCUT2D eigenvalue weighted by Crippen LogP contribution is -2.23. The second-order valence-corrected chi connectivity index (χ2v) is 7.63. The molecule has 1 aliphatic rings. The van der Waals surface area contributed by atoms with E-state index >= 15 is 0 Å². The van der Waals surface area contributed by atoms with Crippen LogP contribution in [0.15, 0.2) is 5.16 Å². The fourth-order valence-electron chi connectivity index (χ4n) is 2.12. The van der Waals surface area contributed by atoms with E-state index in [2.05, 4.69) is 15.0 Å². The van der Waals surface area contributed by atoms with Gasteiger partial charge in [-0.1, -0.05) is 5.16 Å². The first kappa shape index (κ1) is 16.7. The zero-order valence-electron chi connectivity index (χ0n) is 12.6. The summed E-state index contributed by atoms with van der Waals surface area (Å²) in [6.07, 6.45) is 0.125. The van der Waals surface area contributed by atoms with Gasteiger partial charge in [-0.25, -0.2) is 13.1 Å². The van der Waals surface area contributed by atoms with E-state index in [1.54, 1.807) is 13.8 Å². The summed E-state index contributed by atoms with van der Waals surface area (Å²) in [5, 5.41) is 7.41. The number of hydrogen-bond donors (Lipinski definition) is 0. The predicted octanol–water partition coefficient (Wildman–Crippen LogP) is 1.76. The van der Waals surface area contributed by atoms with Crippen LogP contribution in [0.25, 0.3) is 0 Å². The minimum absolute atomic E-state index is 0.0928. The molecule has 2 heterocycles. The third-order valence-corrected chi connectivity index (χ3v) is 4.76. The largest absolute Gasteiger partial charge is 0.417 e. The van der Waals surface area contributed by atoms with Gasteiger partial charge in [-0.3, -0.25) is 0 Å². The van der Waals surface area contributed by atoms with Crippen LogP contribution in [0.2, 0.25) is 0 Å². The lowest BCUT2D eigenvalue weighted by Gasteiger charge is -2.13. The van der Waals surface area contributed by atoms with E-state index in [-0.39, 0.29) is 22.9 Å². The molecule has 0 aliphatic carbocycles. The lowest BCUT2D eigenvalue weighted by atomic mass is 10.1. The van der Waals surface area contributed by atoms with E-state index in [4.69, 9.17) is 4.84 Å². The number of alkyl halides is 2. The fraction of sp³-hybridized carbons (Fsp3) is 0.667. The zero-order chi connectivity index (χ0) is 16.7. The number of rotatable bonds is 4. The number of oxime groups is 1. The molecule has 0 fully saturated rings. The molecular formula is C12H17F2N3O4S. The number of aromatic nitrogens is 2. The fourth-order valence-corrected chi connectivity index (χ4v) is 3.72. The van der Waals surface area contributed by atoms with Crippen LogP contribution in [-0.2, 0) is 27.5 Å². The Balaban J connectivity index is 2.31. The third-order valence-electron chi connectivity index (χ3n) is 3.15. The van der Waals surface area contributed by atoms with Crippen LogP contribution in [-0.4, -0.2) is 35.5 Å². The van der Waals surface area contributed by atoms with Gasteiger partial charge < -0.3 is 9.57 Å². The summed E-state index contributed by atoms with van der Waals surface area (Å²) in [5.41, 5.74) is -0.301. The molecule has 1 aromatic rings. The van der Waals surface area contributed by atoms with Gasteiger partial charge in [0, 0.05) is 13.5 Å². The van der Waals surface area contributed by atoms with Crippen LogP contribution in [0.5, 0.6) is 5.88 Å². The molecular weight excluding hydrogens is 320 g/mol. The first-order valence-corrected chi connectivity index (χ1v) is 8.12. The summed E-state index contributed by atoms with van der Waals surface area (Å²) in [5.74, 6) is -0.789. The Bertz CT molecular complexity index is 710. The van der Waals surface area contributed by atoms with Gasteiger partial charge in [0.25, 0.3) is 0 Å². The zero-order valence-corrected chi connectivity index (χ0v) is 13.4. The van der Waals surface area contributed by atoms with Gasteiger partial charge in [0.15, 0.2) is 14.9 Å². The van der Waals surface area contributed by atoms with Crippen molar-refractivity contribution in [1.29, 1.82) is 0 Å². The first-order chi connectivity index (χ1) is 10.0. The van der Waals surface area contributed by atoms with Crippen molar-refractivity contribution in [3.63, 3.8) is 0 Å². The van der Waals surface area contributed by atoms with Gasteiger partial charge in [0.2, 0.25) is 5.88 Å². The van der Waals surface area contributed by atoms with Crippen LogP contribution in [0.1, 0.15) is 31.5 Å². The Morgan fingerprint density at radius 3 is 2.59 bits per heavy atom. The number of nitrogens with zero attached hydrogens (tertiary/aromatic N) is 3. The normalized spacial score (nSPS) is 17.5. The number of ether oxygens (including phenoxy) is 1. The molecule has 1 aliphatic heterocycles. The minimum atomic E-state index is -3.80. The highest BCUT2D eigenvalue weighted by Gasteiger charge is 2.37. The Labute approximate surface area is 126 Å². The van der Waals surface area contributed by atoms with Crippen molar-refractivity contribution in [2.45, 2.75) is 45.2 Å². The van der Waals surface area contributed by atoms with Gasteiger partial charge >= 0.3 is 6.61 Å². The summed E-state index contributed by atoms with van der Waals surface area (Å²) >= 11 is 0. The van der Waals surface area contributed by atoms with E-state index < -0.39 is 27.8 Å². The number of aryl methyl sites for hydroxylation is 2. The Morgan fingerprint density at radius 1 is 1.45 bits per heavy atom. The molecule has 0 unspecified atom stereocenters. The molecule has 7 nitrogen and oxygen atoms in total. The van der Waals surface area contributed by atoms with Gasteiger partial charge in [0.05, 0.1) is 17.0 Å². The maximum atomic E-state index is 12.5. The van der Waals surface area contributed by atoms with Gasteiger partial charge in [0.1, 0.15) is 5.60 Å². The summed E-state index contributed by atoms with van der Waals surface area (Å²) in [6, 6.07) is 0. The van der Waals surface area contributed by atoms with Crippen molar-refractivity contribution < 1.29 is 26.8 Å². The molecule has 22 heavy (non-hydrogen) atoms. The molecule has 1 aromatic heterocycles. The standard InChI is InChI=1S/C12H17F2N3O4S/c1-7-8(10(17(4)15-7)20-11(13)14)6-22(18,19)9-5-12(2,3)21-16-9/h11H,5-6H2,1-4H3. The summed E-state index contributed by atoms with van der Waals surface area (Å²) in [7, 11) is -2.40. The van der Waals surface area contributed by atoms with E-state index in [9.17, 15) is 17.2 Å². The smallest absolute Gasteiger partial charge is 0.388 e. The van der Waals surface area contributed by atoms with Gasteiger partial charge in [-0.15, -0.1) is 0 Å². The number of halogens is 2. The summed E-state index contributed by atoms with van der Waals surface area (Å²) in [6.45, 7) is 1.88. The summed E-state index contributed by atoms with van der Waals surface area (Å²) in [4.78, 5) is 5.04. The van der Waals surface area contributed by atoms with E-state index in [1.165, 1.54) is 14.0 Å². The Kier molecular flexibility index (Phi) is 4.16. The maximum Gasteiger partial charge on any atom is 0.388 e. The molecule has 0 aromatic carbocycles. The van der Waals surface area contributed by atoms with E-state index in [1.807, 2.05) is 0 Å². The van der Waals surface area contributed by atoms with Crippen LogP contribution in [0.3, 0.4) is 0 Å². The molecule has 0 saturated carbocycles. The predicted molar refractivity (Wildman–Crippen MR) is 74.4 cm³/mol. The second kappa shape index (κ2) is 5.49. The lowest BCUT2D eigenvalue weighted by molar-refractivity contribution is -0.0558. The maximum absolute atomic E-state index is 12.5. The third kappa shape index (κ3) is 3.37. The Morgan fingerprint density at radius 2 is 2.09 bits per heavy atom. The minimum Gasteiger partial charge on any atom is -0.417 e. The molecule has 0 N–H and O–H groups in total. The van der Waals surface area contributed by atoms with Crippen molar-refractivity contribution in [3.8, 4) is 5.88 Å². The molecule has 0 radical (unpaired) electrons. The molecule has 0 atom stereocenters. The Hall–Kier alpha value is -1.71. The van der Waals surface area contributed by atoms with Crippen molar-refractivity contribution >= 4 is 14.9 Å². The molecule has 124 valence electrons. The molecule has 0 amide bonds. The molecule has 0 bridgehead atoms. The number of sulfone groups is 1. The molecule has 2 rings (SSSR count). The number of hydrogen-bond acceptors (Lipinski definition) is 6. The molecule has 10 heteroatoms. The highest BCUT2D eigenvalue weighted by atomic mass is 32.2.